The molecule has 2 amide bonds. The van der Waals surface area contributed by atoms with Crippen LogP contribution >= 0.6 is 46.7 Å². The van der Waals surface area contributed by atoms with E-state index in [2.05, 4.69) is 5.32 Å². The second kappa shape index (κ2) is 9.77. The maximum absolute atomic E-state index is 12.9. The molecule has 2 aliphatic rings. The molecule has 0 unspecified atom stereocenters. The van der Waals surface area contributed by atoms with Crippen molar-refractivity contribution in [3.05, 3.63) is 76.3 Å². The zero-order valence-corrected chi connectivity index (χ0v) is 21.2. The Morgan fingerprint density at radius 2 is 2.06 bits per heavy atom. The number of carboxylic acid groups (broad SMARTS) is 1. The molecule has 0 radical (unpaired) electrons. The van der Waals surface area contributed by atoms with Gasteiger partial charge >= 0.3 is 5.97 Å². The van der Waals surface area contributed by atoms with E-state index in [1.54, 1.807) is 18.2 Å². The number of thioether (sulfide) groups is 2. The van der Waals surface area contributed by atoms with E-state index in [-0.39, 0.29) is 17.4 Å². The molecule has 8 nitrogen and oxygen atoms in total. The second-order valence-corrected chi connectivity index (χ2v) is 10.9. The number of pyridine rings is 1. The summed E-state index contributed by atoms with van der Waals surface area (Å²) < 4.78 is 3.88. The topological polar surface area (TPSA) is 95.0 Å². The number of rotatable bonds is 7. The van der Waals surface area contributed by atoms with Crippen molar-refractivity contribution in [2.24, 2.45) is 0 Å². The summed E-state index contributed by atoms with van der Waals surface area (Å²) in [6.07, 6.45) is 5.68. The summed E-state index contributed by atoms with van der Waals surface area (Å²) >= 11 is 14.8. The number of fused-ring (bicyclic) bond motifs is 2. The molecule has 2 aliphatic heterocycles. The molecule has 180 valence electrons. The number of imidazole rings is 1. The van der Waals surface area contributed by atoms with Crippen LogP contribution in [0.2, 0.25) is 10.0 Å². The van der Waals surface area contributed by atoms with Crippen LogP contribution in [-0.4, -0.2) is 55.1 Å². The first-order valence-corrected chi connectivity index (χ1v) is 13.3. The van der Waals surface area contributed by atoms with Gasteiger partial charge in [-0.3, -0.25) is 14.5 Å². The summed E-state index contributed by atoms with van der Waals surface area (Å²) in [6, 6.07) is 9.98. The van der Waals surface area contributed by atoms with Crippen molar-refractivity contribution in [2.45, 2.75) is 22.9 Å². The first-order valence-electron chi connectivity index (χ1n) is 10.6. The lowest BCUT2D eigenvalue weighted by Gasteiger charge is -2.49. The maximum Gasteiger partial charge on any atom is 0.352 e. The highest BCUT2D eigenvalue weighted by Gasteiger charge is 2.54. The van der Waals surface area contributed by atoms with Crippen molar-refractivity contribution in [1.82, 2.24) is 14.6 Å². The molecule has 1 saturated heterocycles. The van der Waals surface area contributed by atoms with E-state index in [4.69, 9.17) is 23.2 Å². The molecule has 0 bridgehead atoms. The molecule has 5 rings (SSSR count). The number of β-lactam (4-membered cyclic amide) rings is 1. The van der Waals surface area contributed by atoms with Gasteiger partial charge in [-0.25, -0.2) is 13.8 Å². The maximum atomic E-state index is 12.9. The molecular weight excluding hydrogens is 531 g/mol. The van der Waals surface area contributed by atoms with Gasteiger partial charge in [-0.1, -0.05) is 29.3 Å². The van der Waals surface area contributed by atoms with E-state index >= 15 is 0 Å². The normalized spacial score (nSPS) is 19.5. The standard InChI is InChI=1S/C23H18Cl2N4O4S2/c24-14-4-5-15(25)16(9-14)34-12-17(30)26-19-21(31)29-20(23(32)33)13(11-35-22(19)29)10-28-8-7-27-6-2-1-3-18(27)28/h1-9,19,22H,10-12H2,(H-,26,30,32,33)/p+1/t19-,22-/m1/s1. The Morgan fingerprint density at radius 1 is 1.23 bits per heavy atom. The number of amides is 2. The summed E-state index contributed by atoms with van der Waals surface area (Å²) in [5.41, 5.74) is 1.55. The van der Waals surface area contributed by atoms with Crippen LogP contribution in [0.15, 0.2) is 71.2 Å². The minimum atomic E-state index is -1.15. The predicted octanol–water partition coefficient (Wildman–Crippen LogP) is 3.06. The minimum Gasteiger partial charge on any atom is -0.477 e. The average molecular weight is 550 g/mol. The van der Waals surface area contributed by atoms with E-state index < -0.39 is 23.3 Å². The number of carbonyl (C=O) groups excluding carboxylic acids is 2. The zero-order chi connectivity index (χ0) is 24.7. The summed E-state index contributed by atoms with van der Waals surface area (Å²) in [5.74, 6) is -1.44. The van der Waals surface area contributed by atoms with Gasteiger partial charge in [0.1, 0.15) is 36.1 Å². The van der Waals surface area contributed by atoms with Gasteiger partial charge < -0.3 is 10.4 Å². The molecule has 0 spiro atoms. The molecule has 2 N–H and O–H groups in total. The van der Waals surface area contributed by atoms with Crippen molar-refractivity contribution in [3.8, 4) is 0 Å². The summed E-state index contributed by atoms with van der Waals surface area (Å²) in [4.78, 5) is 39.6. The fourth-order valence-corrected chi connectivity index (χ4v) is 6.78. The largest absolute Gasteiger partial charge is 0.477 e. The second-order valence-electron chi connectivity index (χ2n) is 7.97. The van der Waals surface area contributed by atoms with Crippen LogP contribution in [-0.2, 0) is 20.9 Å². The number of hydrogen-bond acceptors (Lipinski definition) is 5. The Kier molecular flexibility index (Phi) is 6.71. The molecule has 1 fully saturated rings. The summed E-state index contributed by atoms with van der Waals surface area (Å²) in [7, 11) is 0. The van der Waals surface area contributed by atoms with Gasteiger partial charge in [0.05, 0.1) is 17.0 Å². The quantitative estimate of drug-likeness (QED) is 0.267. The van der Waals surface area contributed by atoms with Crippen LogP contribution in [0.4, 0.5) is 0 Å². The van der Waals surface area contributed by atoms with Gasteiger partial charge in [-0.05, 0) is 24.3 Å². The van der Waals surface area contributed by atoms with Crippen molar-refractivity contribution in [3.63, 3.8) is 0 Å². The third-order valence-electron chi connectivity index (χ3n) is 5.75. The van der Waals surface area contributed by atoms with Crippen LogP contribution in [0.1, 0.15) is 0 Å². The lowest BCUT2D eigenvalue weighted by atomic mass is 10.0. The number of carbonyl (C=O) groups is 3. The third-order valence-corrected chi connectivity index (χ3v) is 8.82. The van der Waals surface area contributed by atoms with Crippen molar-refractivity contribution < 1.29 is 24.1 Å². The van der Waals surface area contributed by atoms with Crippen molar-refractivity contribution in [1.29, 1.82) is 0 Å². The number of aliphatic carboxylic acids is 1. The Labute approximate surface area is 218 Å². The average Bonchev–Trinajstić information content (AvgIpc) is 3.25. The Balaban J connectivity index is 1.28. The number of halogens is 2. The highest BCUT2D eigenvalue weighted by molar-refractivity contribution is 8.00. The van der Waals surface area contributed by atoms with E-state index in [1.807, 2.05) is 45.8 Å². The van der Waals surface area contributed by atoms with Crippen LogP contribution in [0.5, 0.6) is 0 Å². The van der Waals surface area contributed by atoms with Crippen molar-refractivity contribution >= 4 is 70.2 Å². The van der Waals surface area contributed by atoms with E-state index in [1.165, 1.54) is 28.4 Å². The van der Waals surface area contributed by atoms with Gasteiger partial charge in [0.15, 0.2) is 0 Å². The minimum absolute atomic E-state index is 0.00730. The number of nitrogens with one attached hydrogen (secondary N) is 1. The monoisotopic (exact) mass is 549 g/mol. The lowest BCUT2D eigenvalue weighted by Crippen LogP contribution is -2.70. The first-order chi connectivity index (χ1) is 16.8. The fraction of sp³-hybridized carbons (Fsp3) is 0.217. The number of carboxylic acids is 1. The van der Waals surface area contributed by atoms with Gasteiger partial charge in [0.25, 0.3) is 11.6 Å². The zero-order valence-electron chi connectivity index (χ0n) is 18.1. The summed E-state index contributed by atoms with van der Waals surface area (Å²) in [5, 5.41) is 13.2. The van der Waals surface area contributed by atoms with Crippen LogP contribution in [0, 0.1) is 0 Å². The van der Waals surface area contributed by atoms with Crippen LogP contribution in [0.25, 0.3) is 5.65 Å². The molecule has 2 atom stereocenters. The molecular formula is C23H19Cl2N4O4S2+. The van der Waals surface area contributed by atoms with Crippen LogP contribution in [0.3, 0.4) is 0 Å². The Morgan fingerprint density at radius 3 is 2.86 bits per heavy atom. The SMILES string of the molecule is O=C(CSc1cc(Cl)ccc1Cl)N[C@@H]1C(=O)N2C(C(=O)O)=C(C[n+]3ccn4ccccc43)CS[C@H]12. The van der Waals surface area contributed by atoms with Gasteiger partial charge in [-0.2, -0.15) is 0 Å². The number of aromatic nitrogens is 2. The molecule has 4 heterocycles. The van der Waals surface area contributed by atoms with E-state index in [9.17, 15) is 19.5 Å². The third kappa shape index (κ3) is 4.63. The highest BCUT2D eigenvalue weighted by atomic mass is 35.5. The fourth-order valence-electron chi connectivity index (χ4n) is 4.14. The van der Waals surface area contributed by atoms with E-state index in [0.29, 0.717) is 32.8 Å². The number of hydrogen-bond donors (Lipinski definition) is 2. The molecule has 12 heteroatoms. The first kappa shape index (κ1) is 24.1. The van der Waals surface area contributed by atoms with Gasteiger partial charge in [0.2, 0.25) is 5.91 Å². The van der Waals surface area contributed by atoms with Gasteiger partial charge in [0, 0.05) is 27.3 Å². The molecule has 35 heavy (non-hydrogen) atoms. The molecule has 0 aliphatic carbocycles. The molecule has 1 aromatic carbocycles. The Hall–Kier alpha value is -2.66. The summed E-state index contributed by atoms with van der Waals surface area (Å²) in [6.45, 7) is 0.347. The molecule has 0 saturated carbocycles. The molecule has 2 aromatic heterocycles. The molecule has 3 aromatic rings. The predicted molar refractivity (Wildman–Crippen MR) is 134 cm³/mol. The highest BCUT2D eigenvalue weighted by Crippen LogP contribution is 2.40. The lowest BCUT2D eigenvalue weighted by molar-refractivity contribution is -0.662. The number of nitrogens with zero attached hydrogens (tertiary/aromatic N) is 3. The van der Waals surface area contributed by atoms with Crippen molar-refractivity contribution in [2.75, 3.05) is 11.5 Å². The van der Waals surface area contributed by atoms with Gasteiger partial charge in [-0.15, -0.1) is 23.5 Å². The Bertz CT molecular complexity index is 1390. The van der Waals surface area contributed by atoms with E-state index in [0.717, 1.165) is 5.65 Å². The smallest absolute Gasteiger partial charge is 0.352 e. The number of benzene rings is 1. The van der Waals surface area contributed by atoms with Crippen LogP contribution < -0.4 is 9.88 Å².